The van der Waals surface area contributed by atoms with E-state index in [1.54, 1.807) is 48.5 Å². The molecule has 17 nitrogen and oxygen atoms in total. The predicted molar refractivity (Wildman–Crippen MR) is 268 cm³/mol. The summed E-state index contributed by atoms with van der Waals surface area (Å²) in [5, 5.41) is 75.2. The number of likely N-dealkylation sites (N-methyl/N-ethyl adjacent to an activating group) is 1. The Bertz CT molecular complexity index is 2140. The molecule has 4 aliphatic carbocycles. The minimum absolute atomic E-state index is 0.00380. The lowest BCUT2D eigenvalue weighted by Crippen LogP contribution is -2.71. The van der Waals surface area contributed by atoms with Gasteiger partial charge in [-0.25, -0.2) is 8.78 Å². The molecule has 3 saturated heterocycles. The first-order chi connectivity index (χ1) is 34.1. The minimum Gasteiger partial charge on any atom is -0.459 e. The fourth-order valence-corrected chi connectivity index (χ4v) is 15.2. The van der Waals surface area contributed by atoms with Crippen molar-refractivity contribution in [1.29, 1.82) is 0 Å². The van der Waals surface area contributed by atoms with Crippen LogP contribution in [-0.2, 0) is 38.1 Å². The van der Waals surface area contributed by atoms with Crippen LogP contribution in [0.2, 0.25) is 0 Å². The van der Waals surface area contributed by atoms with E-state index in [9.17, 15) is 40.2 Å². The van der Waals surface area contributed by atoms with Crippen LogP contribution >= 0.6 is 0 Å². The number of carbonyl (C=O) groups excluding carboxylic acids is 3. The van der Waals surface area contributed by atoms with E-state index in [-0.39, 0.29) is 75.4 Å². The number of allylic oxidation sites excluding steroid dienone is 4. The van der Waals surface area contributed by atoms with Crippen molar-refractivity contribution in [2.24, 2.45) is 40.4 Å². The number of halogens is 2. The van der Waals surface area contributed by atoms with Gasteiger partial charge >= 0.3 is 5.97 Å². The Morgan fingerprint density at radius 2 is 1.61 bits per heavy atom. The van der Waals surface area contributed by atoms with Gasteiger partial charge in [-0.3, -0.25) is 19.3 Å². The monoisotopic (exact) mass is 1050 g/mol. The number of fused-ring (bicyclic) bond motifs is 7. The highest BCUT2D eigenvalue weighted by molar-refractivity contribution is 6.01. The number of rotatable bonds is 9. The third kappa shape index (κ3) is 9.89. The SMILES string of the molecule is CC[C@H]1OC(=O)[C@H](C)[C@@H](O)[C@H](C)[C@@H](O[C@@H]2O[C@H](C)C[C@@H](N(C)C)[C@H]2O)[C@](C)(O)C[C@@H](C)CN(CCCNC(=O)[C@@]23OC(C)(C)O[C@@H]2CC2C4C[C@H](F)C5=CC(=O)C=C[C@]5(C)[C@@]4(F)[C@@H](O)C[C@@]23C)[C@H](C)[C@@H](O)[C@]1(C)O. The van der Waals surface area contributed by atoms with Gasteiger partial charge in [0.15, 0.2) is 29.1 Å². The third-order valence-corrected chi connectivity index (χ3v) is 19.2. The molecule has 3 heterocycles. The maximum Gasteiger partial charge on any atom is 0.311 e. The molecule has 19 heteroatoms. The number of carbonyl (C=O) groups is 3. The van der Waals surface area contributed by atoms with Crippen LogP contribution in [-0.4, -0.2) is 193 Å². The van der Waals surface area contributed by atoms with Crippen LogP contribution in [0.4, 0.5) is 8.78 Å². The van der Waals surface area contributed by atoms with E-state index in [0.29, 0.717) is 12.8 Å². The van der Waals surface area contributed by atoms with Crippen molar-refractivity contribution in [3.8, 4) is 0 Å². The van der Waals surface area contributed by atoms with Gasteiger partial charge in [-0.2, -0.15) is 0 Å². The largest absolute Gasteiger partial charge is 0.459 e. The molecule has 422 valence electrons. The molecular formula is C55H89F2N3O14. The number of nitrogens with one attached hydrogen (secondary N) is 1. The van der Waals surface area contributed by atoms with E-state index in [1.807, 2.05) is 37.7 Å². The van der Waals surface area contributed by atoms with Crippen LogP contribution in [0.25, 0.3) is 0 Å². The molecule has 7 N–H and O–H groups in total. The van der Waals surface area contributed by atoms with Crippen molar-refractivity contribution >= 4 is 17.7 Å². The summed E-state index contributed by atoms with van der Waals surface area (Å²) in [6.45, 7) is 20.6. The van der Waals surface area contributed by atoms with E-state index < -0.39 is 142 Å². The van der Waals surface area contributed by atoms with Crippen molar-refractivity contribution in [1.82, 2.24) is 15.1 Å². The molecule has 6 fully saturated rings. The van der Waals surface area contributed by atoms with Crippen molar-refractivity contribution in [2.45, 2.75) is 230 Å². The molecule has 7 aliphatic rings. The van der Waals surface area contributed by atoms with Crippen LogP contribution < -0.4 is 5.32 Å². The lowest BCUT2D eigenvalue weighted by molar-refractivity contribution is -0.299. The maximum absolute atomic E-state index is 18.1. The zero-order valence-corrected chi connectivity index (χ0v) is 46.2. The summed E-state index contributed by atoms with van der Waals surface area (Å²) < 4.78 is 66.1. The predicted octanol–water partition coefficient (Wildman–Crippen LogP) is 3.67. The molecule has 23 atom stereocenters. The average molecular weight is 1050 g/mol. The molecule has 0 radical (unpaired) electrons. The number of alkyl halides is 2. The summed E-state index contributed by atoms with van der Waals surface area (Å²) in [6.07, 6.45) is -7.73. The Hall–Kier alpha value is -2.53. The summed E-state index contributed by atoms with van der Waals surface area (Å²) in [5.74, 6) is -7.22. The topological polar surface area (TPSA) is 237 Å². The molecule has 0 aromatic heterocycles. The molecule has 0 bridgehead atoms. The quantitative estimate of drug-likeness (QED) is 0.129. The number of aliphatic hydroxyl groups is 6. The lowest BCUT2D eigenvalue weighted by atomic mass is 9.44. The van der Waals surface area contributed by atoms with E-state index >= 15 is 13.6 Å². The molecule has 0 spiro atoms. The molecule has 0 aromatic carbocycles. The number of ketones is 1. The van der Waals surface area contributed by atoms with Crippen molar-refractivity contribution in [3.05, 3.63) is 23.8 Å². The van der Waals surface area contributed by atoms with Crippen LogP contribution in [0.15, 0.2) is 23.8 Å². The first kappa shape index (κ1) is 59.1. The van der Waals surface area contributed by atoms with Crippen molar-refractivity contribution in [3.63, 3.8) is 0 Å². The van der Waals surface area contributed by atoms with Gasteiger partial charge < -0.3 is 64.5 Å². The standard InChI is InChI=1S/C55H89F2N3O14/c1-15-40-53(12,69)44(65)32(6)60(27-28(2)25-52(11,68)45(30(4)42(63)31(5)46(66)71-40)72-47-43(64)38(59(13)14)21-29(3)70-47)20-16-19-58-48(67)55-41(73-49(7,8)74-55)24-34-35-23-37(56)36-22-33(61)17-18-50(36,9)54(35,57)39(62)26-51(34,55)10/h17-18,22,28-32,34-35,37-45,47,62-65,68-69H,15-16,19-21,23-27H2,1-14H3,(H,58,67)/t28-,29-,30+,31-,32-,34?,35?,37+,38-,39+,40-,41-,42+,43-,44-,45-,47+,50+,51+,52-,53-,54+,55+/m1/s1. The second kappa shape index (κ2) is 20.9. The Morgan fingerprint density at radius 1 is 0.946 bits per heavy atom. The molecule has 3 aliphatic heterocycles. The van der Waals surface area contributed by atoms with Gasteiger partial charge in [0.2, 0.25) is 0 Å². The molecule has 2 unspecified atom stereocenters. The van der Waals surface area contributed by atoms with E-state index in [1.165, 1.54) is 32.9 Å². The van der Waals surface area contributed by atoms with Crippen LogP contribution in [0.1, 0.15) is 128 Å². The van der Waals surface area contributed by atoms with Gasteiger partial charge in [-0.1, -0.05) is 33.8 Å². The van der Waals surface area contributed by atoms with Gasteiger partial charge in [0, 0.05) is 54.4 Å². The highest BCUT2D eigenvalue weighted by Crippen LogP contribution is 2.72. The number of aliphatic hydroxyl groups excluding tert-OH is 4. The Labute approximate surface area is 436 Å². The highest BCUT2D eigenvalue weighted by Gasteiger charge is 2.81. The summed E-state index contributed by atoms with van der Waals surface area (Å²) in [6, 6.07) is -1.13. The fraction of sp³-hybridized carbons (Fsp3) is 0.873. The van der Waals surface area contributed by atoms with Crippen LogP contribution in [0.3, 0.4) is 0 Å². The second-order valence-electron chi connectivity index (χ2n) is 25.2. The fourth-order valence-electron chi connectivity index (χ4n) is 15.2. The molecule has 1 amide bonds. The number of hydrogen-bond acceptors (Lipinski definition) is 16. The average Bonchev–Trinajstić information content (AvgIpc) is 3.73. The van der Waals surface area contributed by atoms with Crippen LogP contribution in [0, 0.1) is 40.4 Å². The molecular weight excluding hydrogens is 965 g/mol. The number of esters is 1. The first-order valence-corrected chi connectivity index (χ1v) is 27.2. The second-order valence-corrected chi connectivity index (χ2v) is 25.2. The number of ether oxygens (including phenoxy) is 5. The summed E-state index contributed by atoms with van der Waals surface area (Å²) in [7, 11) is 3.69. The molecule has 3 saturated carbocycles. The van der Waals surface area contributed by atoms with Crippen LogP contribution in [0.5, 0.6) is 0 Å². The molecule has 7 rings (SSSR count). The van der Waals surface area contributed by atoms with Gasteiger partial charge in [-0.05, 0) is 144 Å². The number of hydrogen-bond donors (Lipinski definition) is 7. The van der Waals surface area contributed by atoms with E-state index in [4.69, 9.17) is 23.7 Å². The molecule has 0 aromatic rings. The van der Waals surface area contributed by atoms with Gasteiger partial charge in [0.1, 0.15) is 30.1 Å². The van der Waals surface area contributed by atoms with Gasteiger partial charge in [0.05, 0.1) is 42.0 Å². The van der Waals surface area contributed by atoms with E-state index in [2.05, 4.69) is 5.32 Å². The van der Waals surface area contributed by atoms with Crippen molar-refractivity contribution in [2.75, 3.05) is 33.7 Å². The Kier molecular flexibility index (Phi) is 16.7. The zero-order chi connectivity index (χ0) is 55.2. The number of amides is 1. The smallest absolute Gasteiger partial charge is 0.311 e. The number of nitrogens with zero attached hydrogens (tertiary/aromatic N) is 2. The number of cyclic esters (lactones) is 1. The lowest BCUT2D eigenvalue weighted by Gasteiger charge is -2.63. The maximum atomic E-state index is 18.1. The van der Waals surface area contributed by atoms with Crippen molar-refractivity contribution < 1.29 is 77.5 Å². The molecule has 74 heavy (non-hydrogen) atoms. The Morgan fingerprint density at radius 3 is 2.24 bits per heavy atom. The Balaban J connectivity index is 1.14. The third-order valence-electron chi connectivity index (χ3n) is 19.2. The summed E-state index contributed by atoms with van der Waals surface area (Å²) in [4.78, 5) is 45.1. The minimum atomic E-state index is -2.37. The normalized spacial score (nSPS) is 50.1. The summed E-state index contributed by atoms with van der Waals surface area (Å²) >= 11 is 0. The first-order valence-electron chi connectivity index (χ1n) is 27.2. The zero-order valence-electron chi connectivity index (χ0n) is 46.2. The van der Waals surface area contributed by atoms with Gasteiger partial charge in [-0.15, -0.1) is 0 Å². The van der Waals surface area contributed by atoms with E-state index in [0.717, 1.165) is 6.08 Å². The summed E-state index contributed by atoms with van der Waals surface area (Å²) in [5.41, 5.74) is -10.6. The van der Waals surface area contributed by atoms with Gasteiger partial charge in [0.25, 0.3) is 5.91 Å². The highest BCUT2D eigenvalue weighted by atomic mass is 19.1.